The summed E-state index contributed by atoms with van der Waals surface area (Å²) in [7, 11) is 0. The van der Waals surface area contributed by atoms with E-state index in [0.29, 0.717) is 40.2 Å². The molecule has 6 heteroatoms. The van der Waals surface area contributed by atoms with Gasteiger partial charge >= 0.3 is 0 Å². The van der Waals surface area contributed by atoms with Crippen molar-refractivity contribution in [3.05, 3.63) is 33.7 Å². The molecule has 1 aliphatic rings. The Bertz CT molecular complexity index is 612. The molecule has 0 aromatic heterocycles. The average molecular weight is 368 g/mol. The zero-order valence-corrected chi connectivity index (χ0v) is 15.3. The highest BCUT2D eigenvalue weighted by molar-refractivity contribution is 8.03. The Balaban J connectivity index is 2.11. The summed E-state index contributed by atoms with van der Waals surface area (Å²) in [5.74, 6) is 0.781. The lowest BCUT2D eigenvalue weighted by Gasteiger charge is -2.22. The second kappa shape index (κ2) is 9.74. The molecule has 0 atom stereocenters. The minimum Gasteiger partial charge on any atom is -0.492 e. The molecule has 1 aromatic carbocycles. The number of hydrogen-bond acceptors (Lipinski definition) is 4. The van der Waals surface area contributed by atoms with E-state index in [1.807, 2.05) is 18.2 Å². The number of imide groups is 1. The third-order valence-corrected chi connectivity index (χ3v) is 5.26. The molecule has 0 saturated heterocycles. The highest BCUT2D eigenvalue weighted by Crippen LogP contribution is 2.32. The highest BCUT2D eigenvalue weighted by Gasteiger charge is 2.16. The lowest BCUT2D eigenvalue weighted by molar-refractivity contribution is -0.121. The van der Waals surface area contributed by atoms with E-state index >= 15 is 0 Å². The van der Waals surface area contributed by atoms with Gasteiger partial charge in [0.25, 0.3) is 5.91 Å². The highest BCUT2D eigenvalue weighted by atomic mass is 35.5. The molecule has 0 unspecified atom stereocenters. The minimum atomic E-state index is -0.443. The standard InChI is InChI=1S/C18H22ClNO3S/c1-24-16(18(22)20-12-21)10-14-8-5-9-15(17(14)19)23-11-13-6-3-2-4-7-13/h5,8-10,12-13H,2-4,6-7,11H2,1H3,(H,20,21,22)/b16-10-. The lowest BCUT2D eigenvalue weighted by atomic mass is 9.90. The van der Waals surface area contributed by atoms with Crippen molar-refractivity contribution in [3.8, 4) is 5.75 Å². The van der Waals surface area contributed by atoms with Gasteiger partial charge in [0.1, 0.15) is 5.75 Å². The summed E-state index contributed by atoms with van der Waals surface area (Å²) < 4.78 is 5.92. The third kappa shape index (κ3) is 5.28. The van der Waals surface area contributed by atoms with Crippen LogP contribution in [0.1, 0.15) is 37.7 Å². The Hall–Kier alpha value is -1.46. The van der Waals surface area contributed by atoms with Crippen molar-refractivity contribution in [2.24, 2.45) is 5.92 Å². The van der Waals surface area contributed by atoms with E-state index in [9.17, 15) is 9.59 Å². The topological polar surface area (TPSA) is 55.4 Å². The molecule has 1 N–H and O–H groups in total. The maximum absolute atomic E-state index is 11.8. The molecule has 2 amide bonds. The van der Waals surface area contributed by atoms with Crippen LogP contribution in [0.5, 0.6) is 5.75 Å². The van der Waals surface area contributed by atoms with Crippen LogP contribution in [0.25, 0.3) is 6.08 Å². The summed E-state index contributed by atoms with van der Waals surface area (Å²) in [4.78, 5) is 22.6. The van der Waals surface area contributed by atoms with Gasteiger partial charge in [-0.2, -0.15) is 0 Å². The van der Waals surface area contributed by atoms with Crippen molar-refractivity contribution in [1.29, 1.82) is 0 Å². The third-order valence-electron chi connectivity index (χ3n) is 4.11. The van der Waals surface area contributed by atoms with Gasteiger partial charge in [-0.3, -0.25) is 14.9 Å². The smallest absolute Gasteiger partial charge is 0.264 e. The van der Waals surface area contributed by atoms with Gasteiger partial charge in [-0.05, 0) is 42.7 Å². The van der Waals surface area contributed by atoms with Crippen LogP contribution in [0, 0.1) is 5.92 Å². The van der Waals surface area contributed by atoms with Gasteiger partial charge in [0.15, 0.2) is 0 Å². The SMILES string of the molecule is CS/C(=C\c1cccc(OCC2CCCCC2)c1Cl)C(=O)NC=O. The number of carbonyl (C=O) groups excluding carboxylic acids is 2. The van der Waals surface area contributed by atoms with Crippen molar-refractivity contribution in [1.82, 2.24) is 5.32 Å². The van der Waals surface area contributed by atoms with Crippen molar-refractivity contribution in [3.63, 3.8) is 0 Å². The lowest BCUT2D eigenvalue weighted by Crippen LogP contribution is -2.21. The molecular formula is C18H22ClNO3S. The van der Waals surface area contributed by atoms with E-state index in [0.717, 1.165) is 0 Å². The molecular weight excluding hydrogens is 346 g/mol. The van der Waals surface area contributed by atoms with Crippen LogP contribution in [-0.2, 0) is 9.59 Å². The Morgan fingerprint density at radius 2 is 2.12 bits per heavy atom. The number of halogens is 1. The van der Waals surface area contributed by atoms with E-state index in [1.165, 1.54) is 43.9 Å². The molecule has 0 heterocycles. The van der Waals surface area contributed by atoms with Crippen LogP contribution in [0.15, 0.2) is 23.1 Å². The van der Waals surface area contributed by atoms with Crippen LogP contribution in [0.3, 0.4) is 0 Å². The number of ether oxygens (including phenoxy) is 1. The van der Waals surface area contributed by atoms with Crippen LogP contribution in [0.2, 0.25) is 5.02 Å². The van der Waals surface area contributed by atoms with Crippen molar-refractivity contribution < 1.29 is 14.3 Å². The number of benzene rings is 1. The van der Waals surface area contributed by atoms with Crippen LogP contribution >= 0.6 is 23.4 Å². The molecule has 24 heavy (non-hydrogen) atoms. The fourth-order valence-electron chi connectivity index (χ4n) is 2.80. The van der Waals surface area contributed by atoms with Crippen LogP contribution < -0.4 is 10.1 Å². The molecule has 0 radical (unpaired) electrons. The predicted octanol–water partition coefficient (Wildman–Crippen LogP) is 4.28. The van der Waals surface area contributed by atoms with E-state index < -0.39 is 5.91 Å². The number of thioether (sulfide) groups is 1. The number of hydrogen-bond donors (Lipinski definition) is 1. The molecule has 130 valence electrons. The molecule has 1 saturated carbocycles. The quantitative estimate of drug-likeness (QED) is 0.577. The molecule has 0 spiro atoms. The first-order valence-electron chi connectivity index (χ1n) is 8.07. The van der Waals surface area contributed by atoms with Crippen LogP contribution in [-0.4, -0.2) is 25.2 Å². The summed E-state index contributed by atoms with van der Waals surface area (Å²) in [5.41, 5.74) is 0.697. The zero-order chi connectivity index (χ0) is 17.4. The zero-order valence-electron chi connectivity index (χ0n) is 13.7. The fraction of sp³-hybridized carbons (Fsp3) is 0.444. The second-order valence-electron chi connectivity index (χ2n) is 5.78. The maximum atomic E-state index is 11.8. The van der Waals surface area contributed by atoms with Gasteiger partial charge < -0.3 is 4.74 Å². The monoisotopic (exact) mass is 367 g/mol. The first-order chi connectivity index (χ1) is 11.7. The Labute approximate surface area is 152 Å². The fourth-order valence-corrected chi connectivity index (χ4v) is 3.52. The summed E-state index contributed by atoms with van der Waals surface area (Å²) in [6, 6.07) is 5.51. The van der Waals surface area contributed by atoms with Crippen molar-refractivity contribution in [2.75, 3.05) is 12.9 Å². The molecule has 2 rings (SSSR count). The van der Waals surface area contributed by atoms with Gasteiger partial charge in [-0.25, -0.2) is 0 Å². The summed E-state index contributed by atoms with van der Waals surface area (Å²) in [6.07, 6.45) is 10.1. The normalized spacial score (nSPS) is 15.8. The van der Waals surface area contributed by atoms with E-state index in [1.54, 1.807) is 12.3 Å². The average Bonchev–Trinajstić information content (AvgIpc) is 2.61. The van der Waals surface area contributed by atoms with E-state index in [4.69, 9.17) is 16.3 Å². The van der Waals surface area contributed by atoms with Gasteiger partial charge in [-0.15, -0.1) is 11.8 Å². The van der Waals surface area contributed by atoms with Crippen molar-refractivity contribution >= 4 is 41.8 Å². The molecule has 1 aromatic rings. The molecule has 0 bridgehead atoms. The summed E-state index contributed by atoms with van der Waals surface area (Å²) in [6.45, 7) is 0.675. The molecule has 1 aliphatic carbocycles. The van der Waals surface area contributed by atoms with Gasteiger partial charge in [0, 0.05) is 0 Å². The predicted molar refractivity (Wildman–Crippen MR) is 99.2 cm³/mol. The van der Waals surface area contributed by atoms with Gasteiger partial charge in [0.2, 0.25) is 6.41 Å². The van der Waals surface area contributed by atoms with Crippen LogP contribution in [0.4, 0.5) is 0 Å². The van der Waals surface area contributed by atoms with E-state index in [-0.39, 0.29) is 0 Å². The van der Waals surface area contributed by atoms with E-state index in [2.05, 4.69) is 5.32 Å². The first-order valence-corrected chi connectivity index (χ1v) is 9.67. The maximum Gasteiger partial charge on any atom is 0.264 e. The molecule has 0 aliphatic heterocycles. The Morgan fingerprint density at radius 3 is 2.79 bits per heavy atom. The number of rotatable bonds is 7. The van der Waals surface area contributed by atoms with Gasteiger partial charge in [0.05, 0.1) is 16.5 Å². The number of carbonyl (C=O) groups is 2. The minimum absolute atomic E-state index is 0.373. The van der Waals surface area contributed by atoms with Gasteiger partial charge in [-0.1, -0.05) is 43.0 Å². The Kier molecular flexibility index (Phi) is 7.66. The number of amides is 2. The largest absolute Gasteiger partial charge is 0.492 e. The summed E-state index contributed by atoms with van der Waals surface area (Å²) in [5, 5.41) is 2.62. The summed E-state index contributed by atoms with van der Waals surface area (Å²) >= 11 is 7.68. The Morgan fingerprint density at radius 1 is 1.38 bits per heavy atom. The second-order valence-corrected chi connectivity index (χ2v) is 7.00. The number of nitrogens with one attached hydrogen (secondary N) is 1. The van der Waals surface area contributed by atoms with Crippen molar-refractivity contribution in [2.45, 2.75) is 32.1 Å². The first kappa shape index (κ1) is 18.9. The molecule has 4 nitrogen and oxygen atoms in total. The molecule has 1 fully saturated rings.